The van der Waals surface area contributed by atoms with E-state index in [0.717, 1.165) is 26.2 Å². The normalized spacial score (nSPS) is 16.5. The molecule has 1 atom stereocenters. The molecule has 29 heavy (non-hydrogen) atoms. The predicted molar refractivity (Wildman–Crippen MR) is 119 cm³/mol. The summed E-state index contributed by atoms with van der Waals surface area (Å²) in [4.78, 5) is 21.1. The van der Waals surface area contributed by atoms with Crippen LogP contribution >= 0.6 is 0 Å². The van der Waals surface area contributed by atoms with Gasteiger partial charge in [-0.3, -0.25) is 9.79 Å². The molecule has 1 unspecified atom stereocenters. The Kier molecular flexibility index (Phi) is 8.76. The maximum Gasteiger partial charge on any atom is 0.224 e. The number of amides is 1. The van der Waals surface area contributed by atoms with Crippen molar-refractivity contribution in [3.63, 3.8) is 0 Å². The molecule has 2 rings (SSSR count). The van der Waals surface area contributed by atoms with Gasteiger partial charge in [-0.15, -0.1) is 0 Å². The van der Waals surface area contributed by atoms with Crippen molar-refractivity contribution in [1.29, 1.82) is 0 Å². The molecule has 1 saturated heterocycles. The number of guanidine groups is 1. The number of benzene rings is 1. The van der Waals surface area contributed by atoms with Crippen molar-refractivity contribution < 1.29 is 9.53 Å². The van der Waals surface area contributed by atoms with Gasteiger partial charge in [-0.25, -0.2) is 0 Å². The summed E-state index contributed by atoms with van der Waals surface area (Å²) in [7, 11) is 3.46. The number of nitrogens with zero attached hydrogens (tertiary/aromatic N) is 3. The van der Waals surface area contributed by atoms with Crippen molar-refractivity contribution in [2.75, 3.05) is 58.3 Å². The molecule has 7 nitrogen and oxygen atoms in total. The van der Waals surface area contributed by atoms with Gasteiger partial charge < -0.3 is 25.2 Å². The molecule has 1 fully saturated rings. The fourth-order valence-electron chi connectivity index (χ4n) is 3.45. The van der Waals surface area contributed by atoms with E-state index < -0.39 is 0 Å². The molecule has 0 radical (unpaired) electrons. The molecule has 0 aromatic heterocycles. The van der Waals surface area contributed by atoms with Crippen LogP contribution in [0.3, 0.4) is 0 Å². The SMILES string of the molecule is CN=C(NCCC(=O)N1CCN(c2ccccc2)CC1)NCC(OC)C(C)(C)C. The lowest BCUT2D eigenvalue weighted by Crippen LogP contribution is -2.50. The largest absolute Gasteiger partial charge is 0.379 e. The molecule has 1 aromatic carbocycles. The lowest BCUT2D eigenvalue weighted by molar-refractivity contribution is -0.131. The predicted octanol–water partition coefficient (Wildman–Crippen LogP) is 1.95. The summed E-state index contributed by atoms with van der Waals surface area (Å²) in [5.41, 5.74) is 1.26. The minimum Gasteiger partial charge on any atom is -0.379 e. The maximum atomic E-state index is 12.5. The molecule has 0 aliphatic carbocycles. The highest BCUT2D eigenvalue weighted by Gasteiger charge is 2.24. The second-order valence-electron chi connectivity index (χ2n) is 8.42. The maximum absolute atomic E-state index is 12.5. The summed E-state index contributed by atoms with van der Waals surface area (Å²) in [6, 6.07) is 10.4. The number of piperazine rings is 1. The van der Waals surface area contributed by atoms with E-state index in [0.29, 0.717) is 25.5 Å². The zero-order valence-corrected chi connectivity index (χ0v) is 18.6. The van der Waals surface area contributed by atoms with E-state index in [1.807, 2.05) is 11.0 Å². The molecule has 2 N–H and O–H groups in total. The second-order valence-corrected chi connectivity index (χ2v) is 8.42. The Morgan fingerprint density at radius 2 is 1.79 bits per heavy atom. The van der Waals surface area contributed by atoms with Crippen molar-refractivity contribution in [1.82, 2.24) is 15.5 Å². The molecular formula is C22H37N5O2. The highest BCUT2D eigenvalue weighted by Crippen LogP contribution is 2.21. The summed E-state index contributed by atoms with van der Waals surface area (Å²) >= 11 is 0. The fraction of sp³-hybridized carbons (Fsp3) is 0.636. The smallest absolute Gasteiger partial charge is 0.224 e. The van der Waals surface area contributed by atoms with Crippen molar-refractivity contribution >= 4 is 17.6 Å². The van der Waals surface area contributed by atoms with Crippen LogP contribution in [0.5, 0.6) is 0 Å². The number of hydrogen-bond donors (Lipinski definition) is 2. The van der Waals surface area contributed by atoms with Crippen LogP contribution in [0.25, 0.3) is 0 Å². The van der Waals surface area contributed by atoms with E-state index in [2.05, 4.69) is 65.6 Å². The van der Waals surface area contributed by atoms with Crippen molar-refractivity contribution in [3.05, 3.63) is 30.3 Å². The van der Waals surface area contributed by atoms with E-state index in [-0.39, 0.29) is 17.4 Å². The standard InChI is InChI=1S/C22H37N5O2/c1-22(2,3)19(29-5)17-25-21(23-4)24-12-11-20(28)27-15-13-26(14-16-27)18-9-7-6-8-10-18/h6-10,19H,11-17H2,1-5H3,(H2,23,24,25). The van der Waals surface area contributed by atoms with Gasteiger partial charge in [0.25, 0.3) is 0 Å². The third kappa shape index (κ3) is 7.24. The Morgan fingerprint density at radius 1 is 1.14 bits per heavy atom. The molecule has 0 bridgehead atoms. The van der Waals surface area contributed by atoms with E-state index in [1.165, 1.54) is 5.69 Å². The van der Waals surface area contributed by atoms with Crippen LogP contribution in [0.1, 0.15) is 27.2 Å². The van der Waals surface area contributed by atoms with Crippen molar-refractivity contribution in [2.45, 2.75) is 33.3 Å². The van der Waals surface area contributed by atoms with Crippen LogP contribution in [-0.2, 0) is 9.53 Å². The molecule has 0 spiro atoms. The minimum absolute atomic E-state index is 0.0401. The van der Waals surface area contributed by atoms with Gasteiger partial charge in [0.2, 0.25) is 5.91 Å². The van der Waals surface area contributed by atoms with Gasteiger partial charge >= 0.3 is 0 Å². The van der Waals surface area contributed by atoms with Gasteiger partial charge in [-0.1, -0.05) is 39.0 Å². The highest BCUT2D eigenvalue weighted by atomic mass is 16.5. The van der Waals surface area contributed by atoms with Gasteiger partial charge in [0, 0.05) is 65.5 Å². The first-order chi connectivity index (χ1) is 13.8. The number of ether oxygens (including phenoxy) is 1. The number of hydrogen-bond acceptors (Lipinski definition) is 4. The van der Waals surface area contributed by atoms with E-state index in [1.54, 1.807) is 14.2 Å². The van der Waals surface area contributed by atoms with Crippen molar-refractivity contribution in [3.8, 4) is 0 Å². The number of aliphatic imine (C=N–C) groups is 1. The Balaban J connectivity index is 1.69. The summed E-state index contributed by atoms with van der Waals surface area (Å²) in [5, 5.41) is 6.52. The van der Waals surface area contributed by atoms with E-state index in [9.17, 15) is 4.79 Å². The lowest BCUT2D eigenvalue weighted by atomic mass is 9.89. The number of nitrogens with one attached hydrogen (secondary N) is 2. The number of anilines is 1. The zero-order chi connectivity index (χ0) is 21.3. The van der Waals surface area contributed by atoms with Gasteiger partial charge in [0.15, 0.2) is 5.96 Å². The topological polar surface area (TPSA) is 69.2 Å². The number of carbonyl (C=O) groups is 1. The van der Waals surface area contributed by atoms with E-state index >= 15 is 0 Å². The van der Waals surface area contributed by atoms with Crippen LogP contribution < -0.4 is 15.5 Å². The van der Waals surface area contributed by atoms with Crippen LogP contribution in [0.15, 0.2) is 35.3 Å². The number of methoxy groups -OCH3 is 1. The lowest BCUT2D eigenvalue weighted by Gasteiger charge is -2.36. The fourth-order valence-corrected chi connectivity index (χ4v) is 3.45. The van der Waals surface area contributed by atoms with Gasteiger partial charge in [0.05, 0.1) is 6.10 Å². The monoisotopic (exact) mass is 403 g/mol. The summed E-state index contributed by atoms with van der Waals surface area (Å²) in [6.45, 7) is 10.9. The molecular weight excluding hydrogens is 366 g/mol. The third-order valence-electron chi connectivity index (χ3n) is 5.31. The minimum atomic E-state index is 0.0401. The van der Waals surface area contributed by atoms with Gasteiger partial charge in [-0.2, -0.15) is 0 Å². The van der Waals surface area contributed by atoms with Crippen LogP contribution in [0.4, 0.5) is 5.69 Å². The first-order valence-electron chi connectivity index (χ1n) is 10.4. The quantitative estimate of drug-likeness (QED) is 0.538. The van der Waals surface area contributed by atoms with Crippen LogP contribution in [0.2, 0.25) is 0 Å². The number of para-hydroxylation sites is 1. The van der Waals surface area contributed by atoms with E-state index in [4.69, 9.17) is 4.74 Å². The summed E-state index contributed by atoms with van der Waals surface area (Å²) < 4.78 is 5.56. The molecule has 1 aromatic rings. The molecule has 162 valence electrons. The Morgan fingerprint density at radius 3 is 2.34 bits per heavy atom. The van der Waals surface area contributed by atoms with Gasteiger partial charge in [0.1, 0.15) is 0 Å². The number of rotatable bonds is 7. The highest BCUT2D eigenvalue weighted by molar-refractivity contribution is 5.81. The summed E-state index contributed by atoms with van der Waals surface area (Å²) in [6.07, 6.45) is 0.530. The average Bonchev–Trinajstić information content (AvgIpc) is 2.72. The molecule has 7 heteroatoms. The summed E-state index contributed by atoms with van der Waals surface area (Å²) in [5.74, 6) is 0.878. The van der Waals surface area contributed by atoms with Gasteiger partial charge in [-0.05, 0) is 17.5 Å². The average molecular weight is 404 g/mol. The molecule has 1 aliphatic heterocycles. The Labute approximate surface area is 175 Å². The molecule has 1 amide bonds. The van der Waals surface area contributed by atoms with Crippen LogP contribution in [0, 0.1) is 5.41 Å². The second kappa shape index (κ2) is 11.0. The first kappa shape index (κ1) is 23.0. The third-order valence-corrected chi connectivity index (χ3v) is 5.31. The molecule has 0 saturated carbocycles. The Hall–Kier alpha value is -2.28. The van der Waals surface area contributed by atoms with Crippen molar-refractivity contribution in [2.24, 2.45) is 10.4 Å². The zero-order valence-electron chi connectivity index (χ0n) is 18.6. The van der Waals surface area contributed by atoms with Crippen LogP contribution in [-0.4, -0.2) is 76.3 Å². The molecule has 1 aliphatic rings. The Bertz CT molecular complexity index is 649. The first-order valence-corrected chi connectivity index (χ1v) is 10.4. The number of carbonyl (C=O) groups excluding carboxylic acids is 1. The molecule has 1 heterocycles.